The lowest BCUT2D eigenvalue weighted by atomic mass is 10.1. The third-order valence-electron chi connectivity index (χ3n) is 7.93. The van der Waals surface area contributed by atoms with E-state index in [2.05, 4.69) is 15.3 Å². The fourth-order valence-electron chi connectivity index (χ4n) is 5.43. The van der Waals surface area contributed by atoms with Gasteiger partial charge in [-0.1, -0.05) is 11.6 Å². The van der Waals surface area contributed by atoms with Crippen molar-refractivity contribution in [2.75, 3.05) is 30.8 Å². The van der Waals surface area contributed by atoms with E-state index in [1.165, 1.54) is 33.7 Å². The molecule has 2 fully saturated rings. The zero-order valence-electron chi connectivity index (χ0n) is 24.8. The Kier molecular flexibility index (Phi) is 8.20. The molecule has 17 heteroatoms. The Bertz CT molecular complexity index is 1890. The Morgan fingerprint density at radius 1 is 1.21 bits per heavy atom. The molecule has 6 rings (SSSR count). The number of carbonyl (C=O) groups is 2. The predicted molar refractivity (Wildman–Crippen MR) is 159 cm³/mol. The van der Waals surface area contributed by atoms with E-state index in [-0.39, 0.29) is 64.9 Å². The lowest BCUT2D eigenvalue weighted by Gasteiger charge is -2.37. The summed E-state index contributed by atoms with van der Waals surface area (Å²) in [5, 5.41) is 2.45. The van der Waals surface area contributed by atoms with Gasteiger partial charge in [0.05, 0.1) is 37.6 Å². The number of imidazole rings is 1. The van der Waals surface area contributed by atoms with Crippen LogP contribution in [0, 0.1) is 5.92 Å². The van der Waals surface area contributed by atoms with Gasteiger partial charge in [0, 0.05) is 23.7 Å². The first-order chi connectivity index (χ1) is 22.2. The lowest BCUT2D eigenvalue weighted by Crippen LogP contribution is -2.49. The SMILES string of the molecule is CCOc1cc(C(=O)Nc2cc(C(F)(F)F)ccn2)ccc1-c1nc([C@H]2CN(C(=O)C3CC3(F)F)[C@@H](C)CO2)n2c(Cl)cnc(N)c12. The van der Waals surface area contributed by atoms with Crippen molar-refractivity contribution < 1.29 is 41.0 Å². The monoisotopic (exact) mass is 679 g/mol. The molecule has 3 N–H and O–H groups in total. The van der Waals surface area contributed by atoms with Crippen LogP contribution in [0.1, 0.15) is 48.1 Å². The summed E-state index contributed by atoms with van der Waals surface area (Å²) >= 11 is 6.57. The summed E-state index contributed by atoms with van der Waals surface area (Å²) in [5.41, 5.74) is 6.21. The van der Waals surface area contributed by atoms with Gasteiger partial charge in [0.2, 0.25) is 5.91 Å². The average molecular weight is 680 g/mol. The summed E-state index contributed by atoms with van der Waals surface area (Å²) in [6.45, 7) is 3.54. The molecular weight excluding hydrogens is 653 g/mol. The first kappa shape index (κ1) is 32.4. The first-order valence-electron chi connectivity index (χ1n) is 14.4. The molecule has 1 saturated heterocycles. The summed E-state index contributed by atoms with van der Waals surface area (Å²) in [5.74, 6) is -5.72. The molecule has 0 radical (unpaired) electrons. The number of morpholine rings is 1. The van der Waals surface area contributed by atoms with Gasteiger partial charge in [-0.25, -0.2) is 23.7 Å². The third kappa shape index (κ3) is 6.14. The second-order valence-corrected chi connectivity index (χ2v) is 11.6. The average Bonchev–Trinajstić information content (AvgIpc) is 3.47. The normalized spacial score (nSPS) is 20.7. The Hall–Kier alpha value is -4.57. The van der Waals surface area contributed by atoms with E-state index < -0.39 is 54.0 Å². The Labute approximate surface area is 268 Å². The molecule has 4 aromatic rings. The Morgan fingerprint density at radius 3 is 2.64 bits per heavy atom. The van der Waals surface area contributed by atoms with E-state index >= 15 is 0 Å². The number of fused-ring (bicyclic) bond motifs is 1. The highest BCUT2D eigenvalue weighted by molar-refractivity contribution is 6.30. The van der Waals surface area contributed by atoms with Crippen molar-refractivity contribution in [3.8, 4) is 17.0 Å². The number of nitrogen functional groups attached to an aromatic ring is 1. The van der Waals surface area contributed by atoms with Gasteiger partial charge in [-0.2, -0.15) is 13.2 Å². The summed E-state index contributed by atoms with van der Waals surface area (Å²) in [7, 11) is 0. The highest BCUT2D eigenvalue weighted by atomic mass is 35.5. The molecule has 3 aromatic heterocycles. The standard InChI is InChI=1S/C30H27ClF5N7O4/c1-3-46-19-8-15(27(44)40-22-9-16(6-7-38-22)30(34,35)36)4-5-17(19)23-24-25(37)39-11-21(31)43(24)26(41-23)20-12-42(14(2)13-47-20)28(45)18-10-29(18,32)33/h4-9,11,14,18,20H,3,10,12-13H2,1-2H3,(H2,37,39)(H,38,40,44)/t14-,18?,20+/m0/s1. The number of aromatic nitrogens is 4. The van der Waals surface area contributed by atoms with Gasteiger partial charge >= 0.3 is 6.18 Å². The second-order valence-electron chi connectivity index (χ2n) is 11.2. The molecular formula is C30H27ClF5N7O4. The van der Waals surface area contributed by atoms with E-state index in [0.29, 0.717) is 11.6 Å². The van der Waals surface area contributed by atoms with Gasteiger partial charge in [-0.05, 0) is 44.2 Å². The topological polar surface area (TPSA) is 137 Å². The Morgan fingerprint density at radius 2 is 1.96 bits per heavy atom. The molecule has 4 heterocycles. The number of carbonyl (C=O) groups excluding carboxylic acids is 2. The highest BCUT2D eigenvalue weighted by Gasteiger charge is 2.62. The third-order valence-corrected chi connectivity index (χ3v) is 8.19. The van der Waals surface area contributed by atoms with Crippen LogP contribution >= 0.6 is 11.6 Å². The van der Waals surface area contributed by atoms with Gasteiger partial charge in [-0.15, -0.1) is 0 Å². The number of amides is 2. The molecule has 1 aromatic carbocycles. The largest absolute Gasteiger partial charge is 0.493 e. The number of nitrogens with one attached hydrogen (secondary N) is 1. The van der Waals surface area contributed by atoms with Crippen LogP contribution in [-0.2, 0) is 15.7 Å². The molecule has 0 bridgehead atoms. The van der Waals surface area contributed by atoms with Gasteiger partial charge in [-0.3, -0.25) is 14.0 Å². The van der Waals surface area contributed by atoms with E-state index in [4.69, 9.17) is 31.8 Å². The minimum Gasteiger partial charge on any atom is -0.493 e. The molecule has 2 aliphatic rings. The van der Waals surface area contributed by atoms with Crippen molar-refractivity contribution in [3.63, 3.8) is 0 Å². The smallest absolute Gasteiger partial charge is 0.416 e. The zero-order chi connectivity index (χ0) is 33.8. The number of ether oxygens (including phenoxy) is 2. The van der Waals surface area contributed by atoms with Crippen LogP contribution in [0.25, 0.3) is 16.8 Å². The summed E-state index contributed by atoms with van der Waals surface area (Å²) in [4.78, 5) is 40.1. The molecule has 1 unspecified atom stereocenters. The summed E-state index contributed by atoms with van der Waals surface area (Å²) in [6, 6.07) is 5.35. The van der Waals surface area contributed by atoms with Crippen LogP contribution in [0.3, 0.4) is 0 Å². The maximum atomic E-state index is 13.8. The molecule has 1 saturated carbocycles. The van der Waals surface area contributed by atoms with Crippen LogP contribution in [0.5, 0.6) is 5.75 Å². The Balaban J connectivity index is 1.37. The van der Waals surface area contributed by atoms with Gasteiger partial charge in [0.25, 0.3) is 11.8 Å². The van der Waals surface area contributed by atoms with Crippen molar-refractivity contribution in [2.24, 2.45) is 5.92 Å². The van der Waals surface area contributed by atoms with Crippen molar-refractivity contribution >= 4 is 40.6 Å². The number of nitrogens with zero attached hydrogens (tertiary/aromatic N) is 5. The number of alkyl halides is 5. The maximum Gasteiger partial charge on any atom is 0.416 e. The quantitative estimate of drug-likeness (QED) is 0.240. The van der Waals surface area contributed by atoms with E-state index in [1.54, 1.807) is 13.8 Å². The van der Waals surface area contributed by atoms with Crippen LogP contribution in [-0.4, -0.2) is 67.8 Å². The van der Waals surface area contributed by atoms with E-state index in [9.17, 15) is 31.5 Å². The van der Waals surface area contributed by atoms with Crippen molar-refractivity contribution in [2.45, 2.75) is 44.5 Å². The number of rotatable bonds is 7. The molecule has 1 aliphatic heterocycles. The lowest BCUT2D eigenvalue weighted by molar-refractivity contribution is -0.148. The number of benzene rings is 1. The number of nitrogens with two attached hydrogens (primary N) is 1. The van der Waals surface area contributed by atoms with Gasteiger partial charge in [0.1, 0.15) is 51.6 Å². The maximum absolute atomic E-state index is 13.8. The van der Waals surface area contributed by atoms with Crippen molar-refractivity contribution in [1.82, 2.24) is 24.3 Å². The predicted octanol–water partition coefficient (Wildman–Crippen LogP) is 5.64. The minimum atomic E-state index is -4.63. The first-order valence-corrected chi connectivity index (χ1v) is 14.8. The summed E-state index contributed by atoms with van der Waals surface area (Å²) < 4.78 is 80.4. The number of hydrogen-bond donors (Lipinski definition) is 2. The summed E-state index contributed by atoms with van der Waals surface area (Å²) in [6.07, 6.45) is -3.78. The minimum absolute atomic E-state index is 0.0257. The van der Waals surface area contributed by atoms with E-state index in [1.807, 2.05) is 0 Å². The molecule has 0 spiro atoms. The van der Waals surface area contributed by atoms with E-state index in [0.717, 1.165) is 12.3 Å². The molecule has 3 atom stereocenters. The highest BCUT2D eigenvalue weighted by Crippen LogP contribution is 2.50. The number of pyridine rings is 1. The second kappa shape index (κ2) is 11.9. The molecule has 248 valence electrons. The molecule has 1 aliphatic carbocycles. The van der Waals surface area contributed by atoms with Crippen LogP contribution < -0.4 is 15.8 Å². The molecule has 47 heavy (non-hydrogen) atoms. The zero-order valence-corrected chi connectivity index (χ0v) is 25.6. The van der Waals surface area contributed by atoms with Crippen LogP contribution in [0.4, 0.5) is 33.6 Å². The van der Waals surface area contributed by atoms with Crippen LogP contribution in [0.2, 0.25) is 5.15 Å². The molecule has 2 amide bonds. The molecule has 11 nitrogen and oxygen atoms in total. The fourth-order valence-corrected chi connectivity index (χ4v) is 5.65. The fraction of sp³-hybridized carbons (Fsp3) is 0.367. The van der Waals surface area contributed by atoms with Crippen molar-refractivity contribution in [1.29, 1.82) is 0 Å². The van der Waals surface area contributed by atoms with Crippen LogP contribution in [0.15, 0.2) is 42.7 Å². The van der Waals surface area contributed by atoms with Gasteiger partial charge < -0.3 is 25.4 Å². The number of halogens is 6. The number of hydrogen-bond acceptors (Lipinski definition) is 8. The van der Waals surface area contributed by atoms with Crippen molar-refractivity contribution in [3.05, 3.63) is 64.8 Å². The van der Waals surface area contributed by atoms with Gasteiger partial charge in [0.15, 0.2) is 0 Å². The number of anilines is 2.